The van der Waals surface area contributed by atoms with Crippen LogP contribution in [0, 0.1) is 5.92 Å². The van der Waals surface area contributed by atoms with Crippen molar-refractivity contribution in [2.75, 3.05) is 11.9 Å². The molecular formula is C25H31ClN2O5S. The third-order valence-electron chi connectivity index (χ3n) is 5.91. The van der Waals surface area contributed by atoms with Crippen molar-refractivity contribution in [2.45, 2.75) is 62.8 Å². The summed E-state index contributed by atoms with van der Waals surface area (Å²) in [7, 11) is -3.91. The van der Waals surface area contributed by atoms with Crippen LogP contribution in [0.5, 0.6) is 0 Å². The first-order valence-electron chi connectivity index (χ1n) is 11.6. The molecule has 184 valence electrons. The molecule has 0 spiro atoms. The second kappa shape index (κ2) is 12.3. The molecular weight excluding hydrogens is 476 g/mol. The highest BCUT2D eigenvalue weighted by molar-refractivity contribution is 7.89. The molecule has 9 heteroatoms. The molecule has 1 aliphatic rings. The standard InChI is InChI=1S/C25H31ClN2O5S/c1-2-33-24(29)17-19-8-12-21(13-9-19)27-25(30)23(16-18-6-4-3-5-7-18)28-34(31,32)22-14-10-20(26)11-15-22/h8-15,18,23,28H,2-7,16-17H2,1H3,(H,27,30)/t23-/m0/s1. The average Bonchev–Trinajstić information content (AvgIpc) is 2.81. The second-order valence-corrected chi connectivity index (χ2v) is 10.7. The van der Waals surface area contributed by atoms with Gasteiger partial charge in [0, 0.05) is 10.7 Å². The van der Waals surface area contributed by atoms with E-state index in [1.165, 1.54) is 30.7 Å². The monoisotopic (exact) mass is 506 g/mol. The first-order chi connectivity index (χ1) is 16.3. The molecule has 1 fully saturated rings. The molecule has 34 heavy (non-hydrogen) atoms. The number of amides is 1. The number of sulfonamides is 1. The maximum atomic E-state index is 13.2. The van der Waals surface area contributed by atoms with Crippen LogP contribution < -0.4 is 10.0 Å². The van der Waals surface area contributed by atoms with Crippen LogP contribution in [0.1, 0.15) is 51.0 Å². The van der Waals surface area contributed by atoms with Crippen molar-refractivity contribution in [3.63, 3.8) is 0 Å². The van der Waals surface area contributed by atoms with E-state index in [0.717, 1.165) is 31.2 Å². The van der Waals surface area contributed by atoms with E-state index in [1.54, 1.807) is 31.2 Å². The second-order valence-electron chi connectivity index (χ2n) is 8.54. The van der Waals surface area contributed by atoms with E-state index < -0.39 is 22.0 Å². The van der Waals surface area contributed by atoms with Gasteiger partial charge in [0.05, 0.1) is 17.9 Å². The van der Waals surface area contributed by atoms with Gasteiger partial charge in [-0.25, -0.2) is 8.42 Å². The summed E-state index contributed by atoms with van der Waals surface area (Å²) in [5.74, 6) is -0.450. The molecule has 2 aromatic carbocycles. The number of esters is 1. The highest BCUT2D eigenvalue weighted by Gasteiger charge is 2.29. The number of carbonyl (C=O) groups excluding carboxylic acids is 2. The minimum atomic E-state index is -3.91. The predicted molar refractivity (Wildman–Crippen MR) is 132 cm³/mol. The van der Waals surface area contributed by atoms with E-state index in [-0.39, 0.29) is 23.2 Å². The highest BCUT2D eigenvalue weighted by atomic mass is 35.5. The van der Waals surface area contributed by atoms with Gasteiger partial charge in [0.15, 0.2) is 0 Å². The number of benzene rings is 2. The van der Waals surface area contributed by atoms with E-state index in [4.69, 9.17) is 16.3 Å². The zero-order valence-electron chi connectivity index (χ0n) is 19.3. The van der Waals surface area contributed by atoms with E-state index in [1.807, 2.05) is 0 Å². The molecule has 1 amide bonds. The Labute approximate surface area is 206 Å². The van der Waals surface area contributed by atoms with Gasteiger partial charge in [-0.05, 0) is 61.2 Å². The number of halogens is 1. The summed E-state index contributed by atoms with van der Waals surface area (Å²) >= 11 is 5.89. The van der Waals surface area contributed by atoms with Gasteiger partial charge < -0.3 is 10.1 Å². The molecule has 1 atom stereocenters. The van der Waals surface area contributed by atoms with Crippen LogP contribution in [0.15, 0.2) is 53.4 Å². The predicted octanol–water partition coefficient (Wildman–Crippen LogP) is 4.70. The fourth-order valence-corrected chi connectivity index (χ4v) is 5.48. The molecule has 0 saturated heterocycles. The Kier molecular flexibility index (Phi) is 9.50. The summed E-state index contributed by atoms with van der Waals surface area (Å²) < 4.78 is 33.5. The number of ether oxygens (including phenoxy) is 1. The van der Waals surface area contributed by atoms with Crippen molar-refractivity contribution in [3.05, 3.63) is 59.1 Å². The molecule has 0 unspecified atom stereocenters. The largest absolute Gasteiger partial charge is 0.466 e. The topological polar surface area (TPSA) is 102 Å². The summed E-state index contributed by atoms with van der Waals surface area (Å²) in [5.41, 5.74) is 1.29. The third-order valence-corrected chi connectivity index (χ3v) is 7.65. The van der Waals surface area contributed by atoms with Crippen molar-refractivity contribution < 1.29 is 22.7 Å². The van der Waals surface area contributed by atoms with Gasteiger partial charge in [-0.3, -0.25) is 9.59 Å². The lowest BCUT2D eigenvalue weighted by molar-refractivity contribution is -0.142. The first kappa shape index (κ1) is 26.2. The minimum Gasteiger partial charge on any atom is -0.466 e. The Hall–Kier alpha value is -2.42. The Morgan fingerprint density at radius 3 is 2.29 bits per heavy atom. The number of anilines is 1. The van der Waals surface area contributed by atoms with Crippen molar-refractivity contribution in [2.24, 2.45) is 5.92 Å². The maximum absolute atomic E-state index is 13.2. The van der Waals surface area contributed by atoms with E-state index in [2.05, 4.69) is 10.0 Å². The van der Waals surface area contributed by atoms with Crippen molar-refractivity contribution >= 4 is 39.2 Å². The van der Waals surface area contributed by atoms with Crippen LogP contribution >= 0.6 is 11.6 Å². The summed E-state index contributed by atoms with van der Waals surface area (Å²) in [6.07, 6.45) is 5.88. The molecule has 7 nitrogen and oxygen atoms in total. The smallest absolute Gasteiger partial charge is 0.310 e. The minimum absolute atomic E-state index is 0.0571. The van der Waals surface area contributed by atoms with Crippen LogP contribution in [0.25, 0.3) is 0 Å². The van der Waals surface area contributed by atoms with Crippen molar-refractivity contribution in [3.8, 4) is 0 Å². The van der Waals surface area contributed by atoms with Crippen LogP contribution in [0.2, 0.25) is 5.02 Å². The van der Waals surface area contributed by atoms with Crippen LogP contribution in [-0.4, -0.2) is 32.9 Å². The van der Waals surface area contributed by atoms with Gasteiger partial charge in [-0.1, -0.05) is 55.8 Å². The maximum Gasteiger partial charge on any atom is 0.310 e. The van der Waals surface area contributed by atoms with Gasteiger partial charge in [0.25, 0.3) is 0 Å². The first-order valence-corrected chi connectivity index (χ1v) is 13.5. The molecule has 0 aliphatic heterocycles. The van der Waals surface area contributed by atoms with Gasteiger partial charge in [-0.2, -0.15) is 4.72 Å². The van der Waals surface area contributed by atoms with Gasteiger partial charge >= 0.3 is 5.97 Å². The molecule has 0 bridgehead atoms. The Balaban J connectivity index is 1.72. The summed E-state index contributed by atoms with van der Waals surface area (Å²) in [5, 5.41) is 3.25. The molecule has 0 heterocycles. The quantitative estimate of drug-likeness (QED) is 0.455. The third kappa shape index (κ3) is 7.82. The Morgan fingerprint density at radius 2 is 1.68 bits per heavy atom. The zero-order valence-corrected chi connectivity index (χ0v) is 20.8. The average molecular weight is 507 g/mol. The number of rotatable bonds is 10. The SMILES string of the molecule is CCOC(=O)Cc1ccc(NC(=O)[C@H](CC2CCCCC2)NS(=O)(=O)c2ccc(Cl)cc2)cc1. The summed E-state index contributed by atoms with van der Waals surface area (Å²) in [6.45, 7) is 2.07. The van der Waals surface area contributed by atoms with Gasteiger partial charge in [0.1, 0.15) is 6.04 Å². The fourth-order valence-electron chi connectivity index (χ4n) is 4.15. The van der Waals surface area contributed by atoms with E-state index in [9.17, 15) is 18.0 Å². The number of carbonyl (C=O) groups is 2. The van der Waals surface area contributed by atoms with Gasteiger partial charge in [-0.15, -0.1) is 0 Å². The van der Waals surface area contributed by atoms with Gasteiger partial charge in [0.2, 0.25) is 15.9 Å². The molecule has 1 aliphatic carbocycles. The fraction of sp³-hybridized carbons (Fsp3) is 0.440. The molecule has 0 radical (unpaired) electrons. The number of hydrogen-bond acceptors (Lipinski definition) is 5. The number of nitrogens with one attached hydrogen (secondary N) is 2. The van der Waals surface area contributed by atoms with Crippen molar-refractivity contribution in [1.29, 1.82) is 0 Å². The van der Waals surface area contributed by atoms with E-state index in [0.29, 0.717) is 23.7 Å². The Bertz CT molecular complexity index is 1070. The Morgan fingerprint density at radius 1 is 1.03 bits per heavy atom. The van der Waals surface area contributed by atoms with Crippen LogP contribution in [0.4, 0.5) is 5.69 Å². The highest BCUT2D eigenvalue weighted by Crippen LogP contribution is 2.28. The number of hydrogen-bond donors (Lipinski definition) is 2. The van der Waals surface area contributed by atoms with Crippen LogP contribution in [0.3, 0.4) is 0 Å². The molecule has 2 N–H and O–H groups in total. The molecule has 2 aromatic rings. The summed E-state index contributed by atoms with van der Waals surface area (Å²) in [6, 6.07) is 11.8. The van der Waals surface area contributed by atoms with Crippen LogP contribution in [-0.2, 0) is 30.8 Å². The molecule has 1 saturated carbocycles. The zero-order chi connectivity index (χ0) is 24.6. The van der Waals surface area contributed by atoms with Crippen molar-refractivity contribution in [1.82, 2.24) is 4.72 Å². The normalized spacial score (nSPS) is 15.5. The lowest BCUT2D eigenvalue weighted by Gasteiger charge is -2.26. The van der Waals surface area contributed by atoms with E-state index >= 15 is 0 Å². The lowest BCUT2D eigenvalue weighted by Crippen LogP contribution is -2.45. The molecule has 0 aromatic heterocycles. The lowest BCUT2D eigenvalue weighted by atomic mass is 9.85. The summed E-state index contributed by atoms with van der Waals surface area (Å²) in [4.78, 5) is 24.9. The molecule has 3 rings (SSSR count).